The fourth-order valence-electron chi connectivity index (χ4n) is 2.88. The quantitative estimate of drug-likeness (QED) is 0.370. The van der Waals surface area contributed by atoms with Crippen LogP contribution in [0.15, 0.2) is 41.0 Å². The second kappa shape index (κ2) is 10.4. The van der Waals surface area contributed by atoms with Gasteiger partial charge in [0.05, 0.1) is 18.4 Å². The average molecular weight is 446 g/mol. The minimum atomic E-state index is -0.910. The van der Waals surface area contributed by atoms with E-state index in [-0.39, 0.29) is 18.9 Å². The molecule has 2 aromatic heterocycles. The molecule has 3 aromatic rings. The lowest BCUT2D eigenvalue weighted by Crippen LogP contribution is -2.29. The normalized spacial score (nSPS) is 10.9. The van der Waals surface area contributed by atoms with Crippen molar-refractivity contribution in [1.82, 2.24) is 14.9 Å². The molecular formula is C21H23N3O4S2. The average Bonchev–Trinajstić information content (AvgIpc) is 3.17. The SMILES string of the molecule is CCOc1ccc(-c2csc3ncnc(SCCC(=O)N(C)CCC(=O)O)c23)cc1. The molecule has 0 unspecified atom stereocenters. The number of amides is 1. The Bertz CT molecular complexity index is 1020. The molecule has 0 saturated carbocycles. The Morgan fingerprint density at radius 2 is 1.97 bits per heavy atom. The second-order valence-electron chi connectivity index (χ2n) is 6.52. The summed E-state index contributed by atoms with van der Waals surface area (Å²) in [5.41, 5.74) is 2.12. The molecule has 30 heavy (non-hydrogen) atoms. The van der Waals surface area contributed by atoms with Crippen LogP contribution in [-0.4, -0.2) is 57.8 Å². The van der Waals surface area contributed by atoms with Crippen LogP contribution in [0.1, 0.15) is 19.8 Å². The Balaban J connectivity index is 1.71. The highest BCUT2D eigenvalue weighted by atomic mass is 32.2. The lowest BCUT2D eigenvalue weighted by Gasteiger charge is -2.15. The first-order valence-corrected chi connectivity index (χ1v) is 11.4. The number of aromatic nitrogens is 2. The van der Waals surface area contributed by atoms with E-state index in [0.29, 0.717) is 18.8 Å². The maximum absolute atomic E-state index is 12.2. The van der Waals surface area contributed by atoms with Gasteiger partial charge in [0.1, 0.15) is 21.9 Å². The van der Waals surface area contributed by atoms with Crippen molar-refractivity contribution in [2.75, 3.05) is 26.0 Å². The van der Waals surface area contributed by atoms with E-state index < -0.39 is 5.97 Å². The van der Waals surface area contributed by atoms with Gasteiger partial charge in [-0.2, -0.15) is 0 Å². The number of thioether (sulfide) groups is 1. The van der Waals surface area contributed by atoms with Crippen molar-refractivity contribution >= 4 is 45.2 Å². The molecule has 1 aromatic carbocycles. The number of hydrogen-bond donors (Lipinski definition) is 1. The van der Waals surface area contributed by atoms with Crippen LogP contribution in [0.3, 0.4) is 0 Å². The van der Waals surface area contributed by atoms with Crippen LogP contribution in [0.4, 0.5) is 0 Å². The molecule has 0 aliphatic carbocycles. The van der Waals surface area contributed by atoms with Crippen LogP contribution < -0.4 is 4.74 Å². The van der Waals surface area contributed by atoms with Crippen molar-refractivity contribution in [2.24, 2.45) is 0 Å². The monoisotopic (exact) mass is 445 g/mol. The predicted molar refractivity (Wildman–Crippen MR) is 119 cm³/mol. The first-order valence-electron chi connectivity index (χ1n) is 9.53. The fraction of sp³-hybridized carbons (Fsp3) is 0.333. The number of carboxylic acid groups (broad SMARTS) is 1. The Labute approximate surface area is 183 Å². The number of hydrogen-bond acceptors (Lipinski definition) is 7. The summed E-state index contributed by atoms with van der Waals surface area (Å²) in [6.07, 6.45) is 1.81. The lowest BCUT2D eigenvalue weighted by atomic mass is 10.1. The maximum atomic E-state index is 12.2. The van der Waals surface area contributed by atoms with E-state index in [1.165, 1.54) is 16.7 Å². The van der Waals surface area contributed by atoms with E-state index in [4.69, 9.17) is 9.84 Å². The van der Waals surface area contributed by atoms with Crippen molar-refractivity contribution in [3.8, 4) is 16.9 Å². The summed E-state index contributed by atoms with van der Waals surface area (Å²) >= 11 is 3.08. The molecule has 9 heteroatoms. The van der Waals surface area contributed by atoms with E-state index >= 15 is 0 Å². The van der Waals surface area contributed by atoms with Crippen molar-refractivity contribution in [1.29, 1.82) is 0 Å². The number of rotatable bonds is 10. The fourth-order valence-corrected chi connectivity index (χ4v) is 4.80. The van der Waals surface area contributed by atoms with E-state index in [2.05, 4.69) is 15.3 Å². The number of carboxylic acids is 1. The summed E-state index contributed by atoms with van der Waals surface area (Å²) in [7, 11) is 1.63. The Hall–Kier alpha value is -2.65. The number of thiophene rings is 1. The van der Waals surface area contributed by atoms with E-state index in [1.807, 2.05) is 31.2 Å². The zero-order valence-corrected chi connectivity index (χ0v) is 18.5. The highest BCUT2D eigenvalue weighted by molar-refractivity contribution is 7.99. The van der Waals surface area contributed by atoms with Crippen LogP contribution in [0.5, 0.6) is 5.75 Å². The van der Waals surface area contributed by atoms with Gasteiger partial charge in [-0.25, -0.2) is 9.97 Å². The first kappa shape index (κ1) is 22.0. The molecule has 0 spiro atoms. The highest BCUT2D eigenvalue weighted by Gasteiger charge is 2.15. The van der Waals surface area contributed by atoms with Gasteiger partial charge >= 0.3 is 5.97 Å². The molecule has 0 bridgehead atoms. The number of aliphatic carboxylic acids is 1. The molecule has 0 radical (unpaired) electrons. The largest absolute Gasteiger partial charge is 0.494 e. The number of carbonyl (C=O) groups is 2. The van der Waals surface area contributed by atoms with E-state index in [9.17, 15) is 9.59 Å². The van der Waals surface area contributed by atoms with Gasteiger partial charge in [-0.1, -0.05) is 12.1 Å². The number of benzene rings is 1. The summed E-state index contributed by atoms with van der Waals surface area (Å²) in [6, 6.07) is 7.94. The molecule has 7 nitrogen and oxygen atoms in total. The smallest absolute Gasteiger partial charge is 0.305 e. The first-order chi connectivity index (χ1) is 14.5. The van der Waals surface area contributed by atoms with Gasteiger partial charge in [0.25, 0.3) is 0 Å². The zero-order valence-electron chi connectivity index (χ0n) is 16.8. The molecule has 0 atom stereocenters. The molecule has 2 heterocycles. The van der Waals surface area contributed by atoms with Crippen LogP contribution in [0, 0.1) is 0 Å². The third kappa shape index (κ3) is 5.48. The van der Waals surface area contributed by atoms with Gasteiger partial charge in [0.15, 0.2) is 0 Å². The van der Waals surface area contributed by atoms with Crippen molar-refractivity contribution in [2.45, 2.75) is 24.8 Å². The molecular weight excluding hydrogens is 422 g/mol. The number of nitrogens with zero attached hydrogens (tertiary/aromatic N) is 3. The maximum Gasteiger partial charge on any atom is 0.305 e. The predicted octanol–water partition coefficient (Wildman–Crippen LogP) is 4.17. The molecule has 1 amide bonds. The number of ether oxygens (including phenoxy) is 1. The standard InChI is InChI=1S/C21H23N3O4S2/c1-3-28-15-6-4-14(5-7-15)16-12-30-21-19(16)20(22-13-23-21)29-11-9-17(25)24(2)10-8-18(26)27/h4-7,12-13H,3,8-11H2,1-2H3,(H,26,27). The van der Waals surface area contributed by atoms with Gasteiger partial charge in [-0.15, -0.1) is 23.1 Å². The van der Waals surface area contributed by atoms with E-state index in [1.54, 1.807) is 24.7 Å². The third-order valence-electron chi connectivity index (χ3n) is 4.45. The topological polar surface area (TPSA) is 92.6 Å². The van der Waals surface area contributed by atoms with Gasteiger partial charge in [-0.05, 0) is 24.6 Å². The minimum absolute atomic E-state index is 0.0533. The second-order valence-corrected chi connectivity index (χ2v) is 8.46. The van der Waals surface area contributed by atoms with Crippen molar-refractivity contribution < 1.29 is 19.4 Å². The van der Waals surface area contributed by atoms with Crippen LogP contribution in [-0.2, 0) is 9.59 Å². The van der Waals surface area contributed by atoms with Gasteiger partial charge in [0, 0.05) is 36.7 Å². The lowest BCUT2D eigenvalue weighted by molar-refractivity contribution is -0.138. The molecule has 1 N–H and O–H groups in total. The molecule has 0 saturated heterocycles. The third-order valence-corrected chi connectivity index (χ3v) is 6.33. The number of fused-ring (bicyclic) bond motifs is 1. The van der Waals surface area contributed by atoms with Crippen LogP contribution >= 0.6 is 23.1 Å². The van der Waals surface area contributed by atoms with Gasteiger partial charge in [-0.3, -0.25) is 9.59 Å². The molecule has 158 valence electrons. The van der Waals surface area contributed by atoms with Crippen molar-refractivity contribution in [3.63, 3.8) is 0 Å². The van der Waals surface area contributed by atoms with Crippen LogP contribution in [0.2, 0.25) is 0 Å². The summed E-state index contributed by atoms with van der Waals surface area (Å²) in [4.78, 5) is 34.1. The molecule has 0 aliphatic rings. The van der Waals surface area contributed by atoms with Crippen LogP contribution in [0.25, 0.3) is 21.3 Å². The van der Waals surface area contributed by atoms with Gasteiger partial charge in [0.2, 0.25) is 5.91 Å². The van der Waals surface area contributed by atoms with Crippen molar-refractivity contribution in [3.05, 3.63) is 36.0 Å². The minimum Gasteiger partial charge on any atom is -0.494 e. The Morgan fingerprint density at radius 3 is 2.67 bits per heavy atom. The Morgan fingerprint density at radius 1 is 1.20 bits per heavy atom. The zero-order chi connectivity index (χ0) is 21.5. The summed E-state index contributed by atoms with van der Waals surface area (Å²) < 4.78 is 5.52. The molecule has 0 aliphatic heterocycles. The Kier molecular flexibility index (Phi) is 7.64. The van der Waals surface area contributed by atoms with Gasteiger partial charge < -0.3 is 14.7 Å². The summed E-state index contributed by atoms with van der Waals surface area (Å²) in [5, 5.41) is 12.7. The highest BCUT2D eigenvalue weighted by Crippen LogP contribution is 2.38. The number of carbonyl (C=O) groups excluding carboxylic acids is 1. The summed E-state index contributed by atoms with van der Waals surface area (Å²) in [6.45, 7) is 2.79. The molecule has 0 fully saturated rings. The molecule has 3 rings (SSSR count). The summed E-state index contributed by atoms with van der Waals surface area (Å²) in [5.74, 6) is 0.399. The van der Waals surface area contributed by atoms with E-state index in [0.717, 1.165) is 32.1 Å².